The summed E-state index contributed by atoms with van der Waals surface area (Å²) in [7, 11) is 3.97. The molecule has 6 nitrogen and oxygen atoms in total. The quantitative estimate of drug-likeness (QED) is 0.816. The number of likely N-dealkylation sites (tertiary alicyclic amines) is 1. The van der Waals surface area contributed by atoms with Crippen LogP contribution in [0.25, 0.3) is 0 Å². The fraction of sp³-hybridized carbons (Fsp3) is 0.611. The summed E-state index contributed by atoms with van der Waals surface area (Å²) in [4.78, 5) is 13.6. The molecule has 2 aromatic rings. The highest BCUT2D eigenvalue weighted by Gasteiger charge is 2.26. The summed E-state index contributed by atoms with van der Waals surface area (Å²) in [5, 5.41) is 4.46. The van der Waals surface area contributed by atoms with Gasteiger partial charge in [-0.15, -0.1) is 0 Å². The van der Waals surface area contributed by atoms with Gasteiger partial charge in [0, 0.05) is 45.1 Å². The highest BCUT2D eigenvalue weighted by molar-refractivity contribution is 5.28. The summed E-state index contributed by atoms with van der Waals surface area (Å²) < 4.78 is 2.04. The number of hydrogen-bond donors (Lipinski definition) is 0. The SMILES string of the molecule is CCCn1cc(CN2CCCC[C@H]2c2ccnc(N(C)C)n2)cn1. The van der Waals surface area contributed by atoms with Crippen LogP contribution in [0, 0.1) is 0 Å². The summed E-state index contributed by atoms with van der Waals surface area (Å²) in [6.07, 6.45) is 10.9. The van der Waals surface area contributed by atoms with Gasteiger partial charge in [-0.05, 0) is 31.9 Å². The topological polar surface area (TPSA) is 50.1 Å². The number of aromatic nitrogens is 4. The van der Waals surface area contributed by atoms with Crippen LogP contribution in [0.15, 0.2) is 24.7 Å². The van der Waals surface area contributed by atoms with E-state index in [-0.39, 0.29) is 0 Å². The zero-order valence-electron chi connectivity index (χ0n) is 15.0. The van der Waals surface area contributed by atoms with Crippen LogP contribution in [0.5, 0.6) is 0 Å². The number of nitrogens with zero attached hydrogens (tertiary/aromatic N) is 6. The Hall–Kier alpha value is -1.95. The fourth-order valence-electron chi connectivity index (χ4n) is 3.35. The zero-order valence-corrected chi connectivity index (χ0v) is 15.0. The van der Waals surface area contributed by atoms with Gasteiger partial charge < -0.3 is 4.90 Å². The van der Waals surface area contributed by atoms with E-state index in [1.54, 1.807) is 0 Å². The minimum atomic E-state index is 0.370. The average Bonchev–Trinajstić information content (AvgIpc) is 3.03. The molecular weight excluding hydrogens is 300 g/mol. The Bertz CT molecular complexity index is 650. The Morgan fingerprint density at radius 1 is 1.29 bits per heavy atom. The van der Waals surface area contributed by atoms with Gasteiger partial charge >= 0.3 is 0 Å². The van der Waals surface area contributed by atoms with Crippen LogP contribution in [-0.2, 0) is 13.1 Å². The molecule has 0 saturated carbocycles. The van der Waals surface area contributed by atoms with E-state index in [0.717, 1.165) is 44.1 Å². The van der Waals surface area contributed by atoms with Gasteiger partial charge in [-0.25, -0.2) is 9.97 Å². The predicted octanol–water partition coefficient (Wildman–Crippen LogP) is 2.88. The Morgan fingerprint density at radius 3 is 2.96 bits per heavy atom. The fourth-order valence-corrected chi connectivity index (χ4v) is 3.35. The number of aryl methyl sites for hydroxylation is 1. The van der Waals surface area contributed by atoms with Crippen molar-refractivity contribution >= 4 is 5.95 Å². The molecule has 1 fully saturated rings. The lowest BCUT2D eigenvalue weighted by Crippen LogP contribution is -2.33. The second kappa shape index (κ2) is 7.75. The first-order valence-corrected chi connectivity index (χ1v) is 8.93. The van der Waals surface area contributed by atoms with Crippen molar-refractivity contribution in [2.75, 3.05) is 25.5 Å². The Balaban J connectivity index is 1.76. The number of anilines is 1. The first-order chi connectivity index (χ1) is 11.7. The maximum Gasteiger partial charge on any atom is 0.225 e. The van der Waals surface area contributed by atoms with Crippen molar-refractivity contribution in [3.8, 4) is 0 Å². The van der Waals surface area contributed by atoms with E-state index in [1.165, 1.54) is 18.4 Å². The Labute approximate surface area is 144 Å². The zero-order chi connectivity index (χ0) is 16.9. The highest BCUT2D eigenvalue weighted by Crippen LogP contribution is 2.31. The Kier molecular flexibility index (Phi) is 5.45. The van der Waals surface area contributed by atoms with E-state index in [0.29, 0.717) is 6.04 Å². The standard InChI is InChI=1S/C18H28N6/c1-4-10-24-14-15(12-20-24)13-23-11-6-5-7-17(23)16-8-9-19-18(21-16)22(2)3/h8-9,12,14,17H,4-7,10-11,13H2,1-3H3/t17-/m0/s1. The van der Waals surface area contributed by atoms with Gasteiger partial charge in [0.25, 0.3) is 0 Å². The van der Waals surface area contributed by atoms with Crippen molar-refractivity contribution in [3.05, 3.63) is 35.9 Å². The minimum absolute atomic E-state index is 0.370. The number of hydrogen-bond acceptors (Lipinski definition) is 5. The van der Waals surface area contributed by atoms with E-state index in [1.807, 2.05) is 36.1 Å². The predicted molar refractivity (Wildman–Crippen MR) is 95.9 cm³/mol. The van der Waals surface area contributed by atoms with Gasteiger partial charge in [0.2, 0.25) is 5.95 Å². The molecule has 0 spiro atoms. The molecule has 0 N–H and O–H groups in total. The van der Waals surface area contributed by atoms with Crippen LogP contribution in [0.4, 0.5) is 5.95 Å². The molecule has 1 aliphatic heterocycles. The van der Waals surface area contributed by atoms with Crippen LogP contribution < -0.4 is 4.90 Å². The molecule has 130 valence electrons. The third-order valence-electron chi connectivity index (χ3n) is 4.54. The maximum absolute atomic E-state index is 4.77. The van der Waals surface area contributed by atoms with Crippen molar-refractivity contribution in [3.63, 3.8) is 0 Å². The lowest BCUT2D eigenvalue weighted by molar-refractivity contribution is 0.137. The second-order valence-corrected chi connectivity index (χ2v) is 6.77. The molecule has 0 aromatic carbocycles. The van der Waals surface area contributed by atoms with Gasteiger partial charge in [0.15, 0.2) is 0 Å². The van der Waals surface area contributed by atoms with Crippen LogP contribution in [0.1, 0.15) is 49.9 Å². The molecule has 1 aliphatic rings. The van der Waals surface area contributed by atoms with Gasteiger partial charge in [-0.2, -0.15) is 5.10 Å². The van der Waals surface area contributed by atoms with Gasteiger partial charge in [-0.1, -0.05) is 13.3 Å². The Morgan fingerprint density at radius 2 is 2.17 bits per heavy atom. The average molecular weight is 328 g/mol. The van der Waals surface area contributed by atoms with Crippen LogP contribution in [0.2, 0.25) is 0 Å². The molecule has 24 heavy (non-hydrogen) atoms. The summed E-state index contributed by atoms with van der Waals surface area (Å²) in [6.45, 7) is 5.22. The molecular formula is C18H28N6. The largest absolute Gasteiger partial charge is 0.347 e. The molecule has 0 radical (unpaired) electrons. The molecule has 0 unspecified atom stereocenters. The third kappa shape index (κ3) is 3.93. The van der Waals surface area contributed by atoms with E-state index >= 15 is 0 Å². The molecule has 2 aromatic heterocycles. The van der Waals surface area contributed by atoms with E-state index in [4.69, 9.17) is 4.98 Å². The summed E-state index contributed by atoms with van der Waals surface area (Å²) in [5.41, 5.74) is 2.42. The summed E-state index contributed by atoms with van der Waals surface area (Å²) in [5.74, 6) is 0.786. The smallest absolute Gasteiger partial charge is 0.225 e. The normalized spacial score (nSPS) is 18.7. The molecule has 1 atom stereocenters. The molecule has 6 heteroatoms. The molecule has 0 aliphatic carbocycles. The van der Waals surface area contributed by atoms with Gasteiger partial charge in [0.1, 0.15) is 0 Å². The van der Waals surface area contributed by atoms with Crippen molar-refractivity contribution in [2.45, 2.75) is 51.7 Å². The molecule has 0 bridgehead atoms. The third-order valence-corrected chi connectivity index (χ3v) is 4.54. The van der Waals surface area contributed by atoms with E-state index in [2.05, 4.69) is 34.2 Å². The van der Waals surface area contributed by atoms with Gasteiger partial charge in [0.05, 0.1) is 17.9 Å². The summed E-state index contributed by atoms with van der Waals surface area (Å²) >= 11 is 0. The van der Waals surface area contributed by atoms with Crippen molar-refractivity contribution < 1.29 is 0 Å². The van der Waals surface area contributed by atoms with Crippen LogP contribution in [0.3, 0.4) is 0 Å². The first-order valence-electron chi connectivity index (χ1n) is 8.93. The van der Waals surface area contributed by atoms with E-state index < -0.39 is 0 Å². The lowest BCUT2D eigenvalue weighted by atomic mass is 9.98. The highest BCUT2D eigenvalue weighted by atomic mass is 15.3. The summed E-state index contributed by atoms with van der Waals surface area (Å²) in [6, 6.07) is 2.44. The number of piperidine rings is 1. The molecule has 0 amide bonds. The maximum atomic E-state index is 4.77. The van der Waals surface area contributed by atoms with Crippen molar-refractivity contribution in [1.29, 1.82) is 0 Å². The minimum Gasteiger partial charge on any atom is -0.347 e. The van der Waals surface area contributed by atoms with Crippen molar-refractivity contribution in [2.24, 2.45) is 0 Å². The van der Waals surface area contributed by atoms with E-state index in [9.17, 15) is 0 Å². The monoisotopic (exact) mass is 328 g/mol. The van der Waals surface area contributed by atoms with Crippen molar-refractivity contribution in [1.82, 2.24) is 24.6 Å². The molecule has 3 heterocycles. The first kappa shape index (κ1) is 16.9. The van der Waals surface area contributed by atoms with Gasteiger partial charge in [-0.3, -0.25) is 9.58 Å². The van der Waals surface area contributed by atoms with Crippen LogP contribution in [-0.4, -0.2) is 45.3 Å². The molecule has 1 saturated heterocycles. The molecule has 3 rings (SSSR count). The van der Waals surface area contributed by atoms with Crippen LogP contribution >= 0.6 is 0 Å². The lowest BCUT2D eigenvalue weighted by Gasteiger charge is -2.35. The number of rotatable bonds is 6. The second-order valence-electron chi connectivity index (χ2n) is 6.77.